The molecule has 1 aromatic carbocycles. The summed E-state index contributed by atoms with van der Waals surface area (Å²) >= 11 is 6.02. The molecular formula is C11H9ClN2O. The van der Waals surface area contributed by atoms with Gasteiger partial charge in [0, 0.05) is 0 Å². The number of benzene rings is 1. The first-order valence-corrected chi connectivity index (χ1v) is 4.87. The van der Waals surface area contributed by atoms with Gasteiger partial charge in [-0.05, 0) is 25.1 Å². The average Bonchev–Trinajstić information content (AvgIpc) is 2.60. The van der Waals surface area contributed by atoms with Crippen molar-refractivity contribution in [1.82, 2.24) is 9.78 Å². The minimum atomic E-state index is 0.501. The van der Waals surface area contributed by atoms with E-state index >= 15 is 0 Å². The van der Waals surface area contributed by atoms with Crippen LogP contribution in [0.2, 0.25) is 5.02 Å². The van der Waals surface area contributed by atoms with E-state index in [1.54, 1.807) is 16.8 Å². The molecule has 2 rings (SSSR count). The number of nitrogens with zero attached hydrogens (tertiary/aromatic N) is 2. The van der Waals surface area contributed by atoms with E-state index < -0.39 is 0 Å². The van der Waals surface area contributed by atoms with Gasteiger partial charge in [-0.2, -0.15) is 5.10 Å². The Morgan fingerprint density at radius 2 is 2.13 bits per heavy atom. The summed E-state index contributed by atoms with van der Waals surface area (Å²) in [5.74, 6) is 0. The Morgan fingerprint density at radius 3 is 2.80 bits per heavy atom. The number of hydrogen-bond donors (Lipinski definition) is 0. The first kappa shape index (κ1) is 9.93. The molecule has 0 N–H and O–H groups in total. The van der Waals surface area contributed by atoms with Crippen LogP contribution in [0.4, 0.5) is 0 Å². The first-order valence-electron chi connectivity index (χ1n) is 4.49. The fourth-order valence-electron chi connectivity index (χ4n) is 1.42. The summed E-state index contributed by atoms with van der Waals surface area (Å²) < 4.78 is 1.55. The van der Waals surface area contributed by atoms with Crippen molar-refractivity contribution >= 4 is 17.9 Å². The molecule has 0 saturated heterocycles. The molecule has 0 saturated carbocycles. The normalized spacial score (nSPS) is 10.3. The van der Waals surface area contributed by atoms with Gasteiger partial charge in [-0.25, -0.2) is 4.68 Å². The summed E-state index contributed by atoms with van der Waals surface area (Å²) in [4.78, 5) is 10.8. The minimum Gasteiger partial charge on any atom is -0.296 e. The highest BCUT2D eigenvalue weighted by Crippen LogP contribution is 2.20. The molecule has 0 radical (unpaired) electrons. The number of para-hydroxylation sites is 1. The highest BCUT2D eigenvalue weighted by atomic mass is 35.5. The van der Waals surface area contributed by atoms with Gasteiger partial charge in [0.25, 0.3) is 0 Å². The predicted molar refractivity (Wildman–Crippen MR) is 58.7 cm³/mol. The third-order valence-corrected chi connectivity index (χ3v) is 2.38. The van der Waals surface area contributed by atoms with Crippen LogP contribution >= 0.6 is 11.6 Å². The van der Waals surface area contributed by atoms with Crippen LogP contribution < -0.4 is 0 Å². The fourth-order valence-corrected chi connectivity index (χ4v) is 1.64. The largest absolute Gasteiger partial charge is 0.296 e. The molecule has 0 atom stereocenters. The zero-order valence-corrected chi connectivity index (χ0v) is 8.90. The number of carbonyl (C=O) groups excluding carboxylic acids is 1. The molecular weight excluding hydrogens is 212 g/mol. The van der Waals surface area contributed by atoms with Crippen molar-refractivity contribution in [3.63, 3.8) is 0 Å². The van der Waals surface area contributed by atoms with Gasteiger partial charge in [0.05, 0.1) is 16.4 Å². The third kappa shape index (κ3) is 1.78. The van der Waals surface area contributed by atoms with Crippen LogP contribution in [0.15, 0.2) is 30.3 Å². The average molecular weight is 221 g/mol. The molecule has 0 aliphatic rings. The molecule has 4 heteroatoms. The summed E-state index contributed by atoms with van der Waals surface area (Å²) in [7, 11) is 0. The Labute approximate surface area is 92.3 Å². The van der Waals surface area contributed by atoms with Gasteiger partial charge in [0.15, 0.2) is 6.29 Å². The van der Waals surface area contributed by atoms with E-state index in [2.05, 4.69) is 5.10 Å². The molecule has 2 aromatic rings. The highest BCUT2D eigenvalue weighted by molar-refractivity contribution is 6.32. The van der Waals surface area contributed by atoms with Gasteiger partial charge >= 0.3 is 0 Å². The summed E-state index contributed by atoms with van der Waals surface area (Å²) in [5.41, 5.74) is 2.01. The van der Waals surface area contributed by atoms with Crippen molar-refractivity contribution in [3.8, 4) is 5.69 Å². The summed E-state index contributed by atoms with van der Waals surface area (Å²) in [6, 6.07) is 9.00. The zero-order chi connectivity index (χ0) is 10.8. The van der Waals surface area contributed by atoms with Crippen molar-refractivity contribution in [2.75, 3.05) is 0 Å². The Kier molecular flexibility index (Phi) is 2.56. The number of carbonyl (C=O) groups is 1. The van der Waals surface area contributed by atoms with E-state index in [9.17, 15) is 4.79 Å². The van der Waals surface area contributed by atoms with Crippen LogP contribution in [0.5, 0.6) is 0 Å². The second-order valence-electron chi connectivity index (χ2n) is 3.19. The van der Waals surface area contributed by atoms with Gasteiger partial charge in [-0.3, -0.25) is 4.79 Å². The molecule has 15 heavy (non-hydrogen) atoms. The maximum Gasteiger partial charge on any atom is 0.168 e. The van der Waals surface area contributed by atoms with Crippen molar-refractivity contribution in [2.24, 2.45) is 0 Å². The lowest BCUT2D eigenvalue weighted by atomic mass is 10.3. The quantitative estimate of drug-likeness (QED) is 0.730. The number of halogens is 1. The van der Waals surface area contributed by atoms with Crippen molar-refractivity contribution in [2.45, 2.75) is 6.92 Å². The predicted octanol–water partition coefficient (Wildman–Crippen LogP) is 2.65. The van der Waals surface area contributed by atoms with E-state index in [-0.39, 0.29) is 0 Å². The molecule has 0 aliphatic heterocycles. The van der Waals surface area contributed by atoms with E-state index in [4.69, 9.17) is 11.6 Å². The third-order valence-electron chi connectivity index (χ3n) is 2.06. The Bertz CT molecular complexity index is 505. The highest BCUT2D eigenvalue weighted by Gasteiger charge is 2.08. The van der Waals surface area contributed by atoms with Gasteiger partial charge in [-0.15, -0.1) is 0 Å². The van der Waals surface area contributed by atoms with Crippen molar-refractivity contribution in [3.05, 3.63) is 46.7 Å². The minimum absolute atomic E-state index is 0.501. The molecule has 0 spiro atoms. The fraction of sp³-hybridized carbons (Fsp3) is 0.0909. The summed E-state index contributed by atoms with van der Waals surface area (Å²) in [6.07, 6.45) is 0.767. The molecule has 0 aliphatic carbocycles. The first-order chi connectivity index (χ1) is 7.22. The summed E-state index contributed by atoms with van der Waals surface area (Å²) in [5, 5.41) is 4.79. The number of aldehydes is 1. The van der Waals surface area contributed by atoms with Crippen LogP contribution in [0.25, 0.3) is 5.69 Å². The second kappa shape index (κ2) is 3.87. The maximum atomic E-state index is 10.8. The Hall–Kier alpha value is -1.61. The molecule has 0 amide bonds. The van der Waals surface area contributed by atoms with Gasteiger partial charge in [0.2, 0.25) is 0 Å². The molecule has 1 aromatic heterocycles. The van der Waals surface area contributed by atoms with Crippen molar-refractivity contribution in [1.29, 1.82) is 0 Å². The SMILES string of the molecule is Cc1cc(C=O)n(-c2ccccc2Cl)n1. The number of aryl methyl sites for hydroxylation is 1. The van der Waals surface area contributed by atoms with E-state index in [0.717, 1.165) is 17.7 Å². The number of aromatic nitrogens is 2. The van der Waals surface area contributed by atoms with E-state index in [0.29, 0.717) is 10.7 Å². The van der Waals surface area contributed by atoms with Crippen LogP contribution in [0.1, 0.15) is 16.2 Å². The lowest BCUT2D eigenvalue weighted by Gasteiger charge is -2.04. The van der Waals surface area contributed by atoms with Crippen LogP contribution in [0, 0.1) is 6.92 Å². The summed E-state index contributed by atoms with van der Waals surface area (Å²) in [6.45, 7) is 1.83. The molecule has 0 fully saturated rings. The lowest BCUT2D eigenvalue weighted by molar-refractivity contribution is 0.111. The van der Waals surface area contributed by atoms with E-state index in [1.165, 1.54) is 0 Å². The van der Waals surface area contributed by atoms with E-state index in [1.807, 2.05) is 25.1 Å². The van der Waals surface area contributed by atoms with Crippen LogP contribution in [0.3, 0.4) is 0 Å². The zero-order valence-electron chi connectivity index (χ0n) is 8.14. The smallest absolute Gasteiger partial charge is 0.168 e. The molecule has 1 heterocycles. The molecule has 0 bridgehead atoms. The molecule has 0 unspecified atom stereocenters. The van der Waals surface area contributed by atoms with Crippen LogP contribution in [-0.4, -0.2) is 16.1 Å². The number of hydrogen-bond acceptors (Lipinski definition) is 2. The second-order valence-corrected chi connectivity index (χ2v) is 3.60. The topological polar surface area (TPSA) is 34.9 Å². The van der Waals surface area contributed by atoms with Crippen molar-refractivity contribution < 1.29 is 4.79 Å². The molecule has 76 valence electrons. The monoisotopic (exact) mass is 220 g/mol. The van der Waals surface area contributed by atoms with Crippen LogP contribution in [-0.2, 0) is 0 Å². The standard InChI is InChI=1S/C11H9ClN2O/c1-8-6-9(7-15)14(13-8)11-5-3-2-4-10(11)12/h2-7H,1H3. The maximum absolute atomic E-state index is 10.8. The Balaban J connectivity index is 2.63. The number of rotatable bonds is 2. The Morgan fingerprint density at radius 1 is 1.40 bits per heavy atom. The van der Waals surface area contributed by atoms with Gasteiger partial charge in [-0.1, -0.05) is 23.7 Å². The van der Waals surface area contributed by atoms with Gasteiger partial charge < -0.3 is 0 Å². The van der Waals surface area contributed by atoms with Gasteiger partial charge in [0.1, 0.15) is 5.69 Å². The lowest BCUT2D eigenvalue weighted by Crippen LogP contribution is -2.01. The molecule has 3 nitrogen and oxygen atoms in total.